The Morgan fingerprint density at radius 2 is 1.74 bits per heavy atom. The molecule has 2 N–H and O–H groups in total. The van der Waals surface area contributed by atoms with Crippen LogP contribution in [0.2, 0.25) is 0 Å². The largest absolute Gasteiger partial charge is 0.311 e. The molecule has 0 saturated carbocycles. The quantitative estimate of drug-likeness (QED) is 0.844. The summed E-state index contributed by atoms with van der Waals surface area (Å²) in [5.41, 5.74) is 4.07. The second-order valence-corrected chi connectivity index (χ2v) is 5.73. The minimum absolute atomic E-state index is 0.284. The van der Waals surface area contributed by atoms with Gasteiger partial charge in [-0.25, -0.2) is 0 Å². The van der Waals surface area contributed by atoms with Crippen LogP contribution < -0.4 is 10.6 Å². The van der Waals surface area contributed by atoms with Crippen molar-refractivity contribution in [1.82, 2.24) is 10.6 Å². The number of hydrogen-bond acceptors (Lipinski definition) is 2. The Hall–Kier alpha value is -1.16. The van der Waals surface area contributed by atoms with E-state index in [1.54, 1.807) is 0 Å². The highest BCUT2D eigenvalue weighted by molar-refractivity contribution is 9.10. The molecule has 0 aliphatic carbocycles. The van der Waals surface area contributed by atoms with Gasteiger partial charge in [0.05, 0.1) is 6.04 Å². The van der Waals surface area contributed by atoms with Gasteiger partial charge in [-0.05, 0) is 28.8 Å². The summed E-state index contributed by atoms with van der Waals surface area (Å²) in [4.78, 5) is 0. The molecule has 0 fully saturated rings. The van der Waals surface area contributed by atoms with Crippen molar-refractivity contribution in [2.24, 2.45) is 0 Å². The molecule has 0 amide bonds. The Morgan fingerprint density at radius 1 is 0.947 bits per heavy atom. The monoisotopic (exact) mass is 316 g/mol. The zero-order valence-corrected chi connectivity index (χ0v) is 12.3. The lowest BCUT2D eigenvalue weighted by Gasteiger charge is -2.25. The first-order chi connectivity index (χ1) is 9.34. The summed E-state index contributed by atoms with van der Waals surface area (Å²) >= 11 is 3.50. The standard InChI is InChI=1S/C16H17BrN2/c17-14-7-5-12(6-8-14)16-15-4-2-1-3-13(15)11-18-9-10-19-16/h1-8,16,18-19H,9-11H2. The van der Waals surface area contributed by atoms with Crippen molar-refractivity contribution in [2.75, 3.05) is 13.1 Å². The van der Waals surface area contributed by atoms with E-state index in [4.69, 9.17) is 0 Å². The molecule has 3 heteroatoms. The number of nitrogens with one attached hydrogen (secondary N) is 2. The summed E-state index contributed by atoms with van der Waals surface area (Å²) in [6.45, 7) is 2.93. The van der Waals surface area contributed by atoms with Crippen LogP contribution >= 0.6 is 15.9 Å². The van der Waals surface area contributed by atoms with Gasteiger partial charge in [0.1, 0.15) is 0 Å². The SMILES string of the molecule is Brc1ccc(C2NCCNCc3ccccc32)cc1. The normalized spacial score (nSPS) is 19.3. The van der Waals surface area contributed by atoms with Crippen molar-refractivity contribution < 1.29 is 0 Å². The zero-order chi connectivity index (χ0) is 13.1. The van der Waals surface area contributed by atoms with E-state index in [1.165, 1.54) is 16.7 Å². The van der Waals surface area contributed by atoms with Crippen LogP contribution in [0.25, 0.3) is 0 Å². The van der Waals surface area contributed by atoms with E-state index in [2.05, 4.69) is 75.1 Å². The van der Waals surface area contributed by atoms with E-state index >= 15 is 0 Å². The summed E-state index contributed by atoms with van der Waals surface area (Å²) in [6, 6.07) is 17.5. The topological polar surface area (TPSA) is 24.1 Å². The van der Waals surface area contributed by atoms with Gasteiger partial charge in [0.15, 0.2) is 0 Å². The molecule has 1 heterocycles. The fourth-order valence-electron chi connectivity index (χ4n) is 2.57. The van der Waals surface area contributed by atoms with Crippen LogP contribution in [0.5, 0.6) is 0 Å². The van der Waals surface area contributed by atoms with Crippen LogP contribution in [-0.4, -0.2) is 13.1 Å². The first kappa shape index (κ1) is 12.9. The molecule has 3 rings (SSSR count). The van der Waals surface area contributed by atoms with E-state index in [-0.39, 0.29) is 6.04 Å². The van der Waals surface area contributed by atoms with Gasteiger partial charge in [-0.2, -0.15) is 0 Å². The molecule has 2 aromatic rings. The van der Waals surface area contributed by atoms with E-state index in [0.29, 0.717) is 0 Å². The molecule has 2 nitrogen and oxygen atoms in total. The maximum absolute atomic E-state index is 3.64. The Balaban J connectivity index is 2.02. The highest BCUT2D eigenvalue weighted by Crippen LogP contribution is 2.27. The fourth-order valence-corrected chi connectivity index (χ4v) is 2.83. The van der Waals surface area contributed by atoms with Crippen LogP contribution in [0.3, 0.4) is 0 Å². The third kappa shape index (κ3) is 2.89. The fraction of sp³-hybridized carbons (Fsp3) is 0.250. The lowest BCUT2D eigenvalue weighted by atomic mass is 9.93. The lowest BCUT2D eigenvalue weighted by molar-refractivity contribution is 0.538. The van der Waals surface area contributed by atoms with Crippen LogP contribution in [0.4, 0.5) is 0 Å². The molecule has 0 aromatic heterocycles. The molecule has 19 heavy (non-hydrogen) atoms. The van der Waals surface area contributed by atoms with Crippen molar-refractivity contribution in [3.63, 3.8) is 0 Å². The molecule has 0 saturated heterocycles. The molecule has 1 atom stereocenters. The molecule has 1 aliphatic heterocycles. The van der Waals surface area contributed by atoms with E-state index < -0.39 is 0 Å². The Bertz CT molecular complexity index is 551. The molecule has 1 unspecified atom stereocenters. The molecule has 98 valence electrons. The number of halogens is 1. The zero-order valence-electron chi connectivity index (χ0n) is 10.7. The average molecular weight is 317 g/mol. The predicted molar refractivity (Wildman–Crippen MR) is 82.1 cm³/mol. The third-order valence-electron chi connectivity index (χ3n) is 3.54. The lowest BCUT2D eigenvalue weighted by Crippen LogP contribution is -2.34. The second-order valence-electron chi connectivity index (χ2n) is 4.81. The van der Waals surface area contributed by atoms with Gasteiger partial charge in [0, 0.05) is 24.1 Å². The van der Waals surface area contributed by atoms with Crippen molar-refractivity contribution >= 4 is 15.9 Å². The van der Waals surface area contributed by atoms with Gasteiger partial charge in [-0.1, -0.05) is 52.3 Å². The Kier molecular flexibility index (Phi) is 3.97. The maximum Gasteiger partial charge on any atom is 0.0580 e. The molecular formula is C16H17BrN2. The number of benzene rings is 2. The van der Waals surface area contributed by atoms with Crippen molar-refractivity contribution in [2.45, 2.75) is 12.6 Å². The smallest absolute Gasteiger partial charge is 0.0580 e. The summed E-state index contributed by atoms with van der Waals surface area (Å²) in [5.74, 6) is 0. The summed E-state index contributed by atoms with van der Waals surface area (Å²) < 4.78 is 1.12. The summed E-state index contributed by atoms with van der Waals surface area (Å²) in [7, 11) is 0. The molecule has 0 spiro atoms. The van der Waals surface area contributed by atoms with Gasteiger partial charge < -0.3 is 10.6 Å². The van der Waals surface area contributed by atoms with Crippen LogP contribution in [0.1, 0.15) is 22.7 Å². The predicted octanol–water partition coefficient (Wildman–Crippen LogP) is 3.23. The van der Waals surface area contributed by atoms with Gasteiger partial charge in [-0.3, -0.25) is 0 Å². The van der Waals surface area contributed by atoms with Crippen molar-refractivity contribution in [3.8, 4) is 0 Å². The van der Waals surface area contributed by atoms with Gasteiger partial charge in [0.2, 0.25) is 0 Å². The Morgan fingerprint density at radius 3 is 2.58 bits per heavy atom. The van der Waals surface area contributed by atoms with Crippen molar-refractivity contribution in [3.05, 3.63) is 69.7 Å². The highest BCUT2D eigenvalue weighted by atomic mass is 79.9. The second kappa shape index (κ2) is 5.87. The third-order valence-corrected chi connectivity index (χ3v) is 4.06. The highest BCUT2D eigenvalue weighted by Gasteiger charge is 2.18. The molecular weight excluding hydrogens is 300 g/mol. The first-order valence-electron chi connectivity index (χ1n) is 6.62. The van der Waals surface area contributed by atoms with Crippen LogP contribution in [0.15, 0.2) is 53.0 Å². The van der Waals surface area contributed by atoms with Gasteiger partial charge >= 0.3 is 0 Å². The maximum atomic E-state index is 3.64. The van der Waals surface area contributed by atoms with Crippen LogP contribution in [-0.2, 0) is 6.54 Å². The summed E-state index contributed by atoms with van der Waals surface area (Å²) in [6.07, 6.45) is 0. The number of hydrogen-bond donors (Lipinski definition) is 2. The number of rotatable bonds is 1. The van der Waals surface area contributed by atoms with Gasteiger partial charge in [-0.15, -0.1) is 0 Å². The molecule has 0 bridgehead atoms. The van der Waals surface area contributed by atoms with Crippen LogP contribution in [0, 0.1) is 0 Å². The Labute approximate surface area is 122 Å². The van der Waals surface area contributed by atoms with Gasteiger partial charge in [0.25, 0.3) is 0 Å². The number of fused-ring (bicyclic) bond motifs is 1. The molecule has 0 radical (unpaired) electrons. The average Bonchev–Trinajstić information content (AvgIpc) is 2.42. The molecule has 2 aromatic carbocycles. The first-order valence-corrected chi connectivity index (χ1v) is 7.41. The summed E-state index contributed by atoms with van der Waals surface area (Å²) in [5, 5.41) is 7.09. The van der Waals surface area contributed by atoms with E-state index in [9.17, 15) is 0 Å². The molecule has 1 aliphatic rings. The minimum atomic E-state index is 0.284. The minimum Gasteiger partial charge on any atom is -0.311 e. The van der Waals surface area contributed by atoms with E-state index in [1.807, 2.05) is 0 Å². The van der Waals surface area contributed by atoms with Crippen molar-refractivity contribution in [1.29, 1.82) is 0 Å². The van der Waals surface area contributed by atoms with E-state index in [0.717, 1.165) is 24.1 Å².